The molecule has 2 amide bonds. The number of fused-ring (bicyclic) bond motifs is 1. The van der Waals surface area contributed by atoms with Crippen molar-refractivity contribution in [2.75, 3.05) is 106 Å². The number of hydrogen-bond donors (Lipinski definition) is 0. The third kappa shape index (κ3) is 16.1. The molecule has 0 saturated carbocycles. The number of benzene rings is 2. The van der Waals surface area contributed by atoms with Gasteiger partial charge in [0.05, 0.1) is 160 Å². The first kappa shape index (κ1) is 46.5. The topological polar surface area (TPSA) is 216 Å². The van der Waals surface area contributed by atoms with Gasteiger partial charge in [0.2, 0.25) is 0 Å². The van der Waals surface area contributed by atoms with Crippen LogP contribution in [0.4, 0.5) is 0 Å². The summed E-state index contributed by atoms with van der Waals surface area (Å²) in [6.45, 7) is 8.61. The molecule has 20 nitrogen and oxygen atoms in total. The molecule has 3 heterocycles. The Labute approximate surface area is 349 Å². The van der Waals surface area contributed by atoms with Crippen molar-refractivity contribution in [3.8, 4) is 0 Å². The number of ether oxygens (including phenoxy) is 8. The second-order valence-corrected chi connectivity index (χ2v) is 14.7. The van der Waals surface area contributed by atoms with Gasteiger partial charge in [-0.2, -0.15) is 8.42 Å². The van der Waals surface area contributed by atoms with Crippen molar-refractivity contribution in [2.45, 2.75) is 38.1 Å². The van der Waals surface area contributed by atoms with Crippen molar-refractivity contribution in [3.63, 3.8) is 0 Å². The van der Waals surface area contributed by atoms with Crippen LogP contribution in [-0.4, -0.2) is 161 Å². The standard InChI is InChI=1S/C39H53N7O13S/c1-32-6-8-35(9-7-32)60(49,50)59-27-26-56-21-20-55-23-25-58-31-34-29-45(43-41-34)11-14-52-18-19-54-22-24-57-30-33-28-44(42-40-33)10-13-51-16-17-53-15-12-46-38(47)36-4-2-3-5-37(36)39(46)48/h2-9,28-29H,10-27,30-31H2,1H3. The summed E-state index contributed by atoms with van der Waals surface area (Å²) in [7, 11) is -3.80. The lowest BCUT2D eigenvalue weighted by Gasteiger charge is -2.13. The SMILES string of the molecule is Cc1ccc(S(=O)(=O)OCCOCCOCCOCc2cn(CCOCCOCCOCc3cn(CCOCCOCCN4C(=O)c5ccccc5C4=O)nn3)nn2)cc1. The van der Waals surface area contributed by atoms with E-state index in [1.807, 2.05) is 6.92 Å². The second kappa shape index (κ2) is 25.9. The Bertz CT molecular complexity index is 1940. The van der Waals surface area contributed by atoms with Crippen LogP contribution in [0.2, 0.25) is 0 Å². The maximum absolute atomic E-state index is 12.4. The number of nitrogens with zero attached hydrogens (tertiary/aromatic N) is 7. The van der Waals surface area contributed by atoms with Crippen LogP contribution in [-0.2, 0) is 78.5 Å². The average Bonchev–Trinajstić information content (AvgIpc) is 3.97. The fraction of sp³-hybridized carbons (Fsp3) is 0.538. The Balaban J connectivity index is 0.752. The molecule has 2 aromatic heterocycles. The highest BCUT2D eigenvalue weighted by Crippen LogP contribution is 2.22. The van der Waals surface area contributed by atoms with Gasteiger partial charge in [-0.25, -0.2) is 9.36 Å². The Kier molecular flexibility index (Phi) is 20.1. The van der Waals surface area contributed by atoms with E-state index in [2.05, 4.69) is 20.6 Å². The maximum atomic E-state index is 12.4. The molecule has 0 saturated heterocycles. The lowest BCUT2D eigenvalue weighted by Crippen LogP contribution is -2.33. The summed E-state index contributed by atoms with van der Waals surface area (Å²) in [5, 5.41) is 16.4. The van der Waals surface area contributed by atoms with E-state index >= 15 is 0 Å². The number of hydrogen-bond acceptors (Lipinski definition) is 17. The summed E-state index contributed by atoms with van der Waals surface area (Å²) in [5.41, 5.74) is 3.21. The number of amides is 2. The van der Waals surface area contributed by atoms with E-state index in [4.69, 9.17) is 42.1 Å². The Morgan fingerprint density at radius 1 is 0.500 bits per heavy atom. The fourth-order valence-corrected chi connectivity index (χ4v) is 6.37. The number of aromatic nitrogens is 6. The van der Waals surface area contributed by atoms with Crippen molar-refractivity contribution in [1.29, 1.82) is 0 Å². The van der Waals surface area contributed by atoms with Gasteiger partial charge in [-0.3, -0.25) is 18.7 Å². The summed E-state index contributed by atoms with van der Waals surface area (Å²) >= 11 is 0. The van der Waals surface area contributed by atoms with Gasteiger partial charge in [0.25, 0.3) is 21.9 Å². The molecule has 328 valence electrons. The minimum atomic E-state index is -3.80. The zero-order valence-corrected chi connectivity index (χ0v) is 34.6. The molecule has 0 radical (unpaired) electrons. The summed E-state index contributed by atoms with van der Waals surface area (Å²) in [4.78, 5) is 26.1. The normalized spacial score (nSPS) is 12.8. The number of rotatable bonds is 33. The quantitative estimate of drug-likeness (QED) is 0.0379. The van der Waals surface area contributed by atoms with Crippen LogP contribution in [0.25, 0.3) is 0 Å². The molecule has 1 aliphatic rings. The monoisotopic (exact) mass is 859 g/mol. The van der Waals surface area contributed by atoms with Crippen molar-refractivity contribution >= 4 is 21.9 Å². The van der Waals surface area contributed by atoms with Gasteiger partial charge in [0.15, 0.2) is 0 Å². The summed E-state index contributed by atoms with van der Waals surface area (Å²) < 4.78 is 77.0. The molecule has 0 atom stereocenters. The van der Waals surface area contributed by atoms with Gasteiger partial charge >= 0.3 is 0 Å². The molecule has 1 aliphatic heterocycles. The first-order valence-corrected chi connectivity index (χ1v) is 21.0. The highest BCUT2D eigenvalue weighted by molar-refractivity contribution is 7.86. The molecule has 0 unspecified atom stereocenters. The highest BCUT2D eigenvalue weighted by atomic mass is 32.2. The molecule has 0 spiro atoms. The first-order chi connectivity index (χ1) is 29.3. The van der Waals surface area contributed by atoms with Crippen LogP contribution >= 0.6 is 0 Å². The van der Waals surface area contributed by atoms with Crippen LogP contribution in [0.5, 0.6) is 0 Å². The van der Waals surface area contributed by atoms with E-state index in [0.29, 0.717) is 128 Å². The maximum Gasteiger partial charge on any atom is 0.297 e. The summed E-state index contributed by atoms with van der Waals surface area (Å²) in [6.07, 6.45) is 3.59. The lowest BCUT2D eigenvalue weighted by atomic mass is 10.1. The van der Waals surface area contributed by atoms with Gasteiger partial charge in [0.1, 0.15) is 11.4 Å². The predicted molar refractivity (Wildman–Crippen MR) is 210 cm³/mol. The first-order valence-electron chi connectivity index (χ1n) is 19.6. The van der Waals surface area contributed by atoms with Crippen LogP contribution in [0.3, 0.4) is 0 Å². The zero-order chi connectivity index (χ0) is 42.3. The molecular formula is C39H53N7O13S. The van der Waals surface area contributed by atoms with Gasteiger partial charge in [-0.1, -0.05) is 40.3 Å². The van der Waals surface area contributed by atoms with E-state index in [1.165, 1.54) is 17.0 Å². The zero-order valence-electron chi connectivity index (χ0n) is 33.8. The van der Waals surface area contributed by atoms with Crippen LogP contribution in [0.15, 0.2) is 65.8 Å². The van der Waals surface area contributed by atoms with Gasteiger partial charge < -0.3 is 37.9 Å². The number of carbonyl (C=O) groups is 2. The minimum Gasteiger partial charge on any atom is -0.377 e. The van der Waals surface area contributed by atoms with Crippen molar-refractivity contribution in [2.24, 2.45) is 0 Å². The van der Waals surface area contributed by atoms with Crippen molar-refractivity contribution < 1.29 is 60.1 Å². The molecular weight excluding hydrogens is 807 g/mol. The highest BCUT2D eigenvalue weighted by Gasteiger charge is 2.34. The Morgan fingerprint density at radius 2 is 0.900 bits per heavy atom. The van der Waals surface area contributed by atoms with E-state index < -0.39 is 10.1 Å². The third-order valence-corrected chi connectivity index (χ3v) is 9.90. The van der Waals surface area contributed by atoms with Crippen LogP contribution < -0.4 is 0 Å². The van der Waals surface area contributed by atoms with Gasteiger partial charge in [-0.15, -0.1) is 10.2 Å². The van der Waals surface area contributed by atoms with E-state index in [1.54, 1.807) is 58.2 Å². The molecule has 0 N–H and O–H groups in total. The largest absolute Gasteiger partial charge is 0.377 e. The molecule has 0 aliphatic carbocycles. The van der Waals surface area contributed by atoms with Crippen LogP contribution in [0.1, 0.15) is 37.7 Å². The van der Waals surface area contributed by atoms with E-state index in [9.17, 15) is 18.0 Å². The second-order valence-electron chi connectivity index (χ2n) is 13.1. The predicted octanol–water partition coefficient (Wildman–Crippen LogP) is 1.71. The Morgan fingerprint density at radius 3 is 1.37 bits per heavy atom. The third-order valence-electron chi connectivity index (χ3n) is 8.57. The van der Waals surface area contributed by atoms with E-state index in [-0.39, 0.29) is 43.1 Å². The number of carbonyl (C=O) groups excluding carboxylic acids is 2. The van der Waals surface area contributed by atoms with Gasteiger partial charge in [-0.05, 0) is 31.2 Å². The fourth-order valence-electron chi connectivity index (χ4n) is 5.47. The van der Waals surface area contributed by atoms with Crippen molar-refractivity contribution in [1.82, 2.24) is 34.9 Å². The average molecular weight is 860 g/mol. The molecule has 4 aromatic rings. The summed E-state index contributed by atoms with van der Waals surface area (Å²) in [6, 6.07) is 13.2. The molecule has 2 aromatic carbocycles. The van der Waals surface area contributed by atoms with Crippen LogP contribution in [0, 0.1) is 6.92 Å². The number of aryl methyl sites for hydroxylation is 1. The molecule has 5 rings (SSSR count). The molecule has 0 bridgehead atoms. The Hall–Kier alpha value is -4.55. The van der Waals surface area contributed by atoms with Crippen molar-refractivity contribution in [3.05, 3.63) is 89.0 Å². The molecule has 21 heteroatoms. The lowest BCUT2D eigenvalue weighted by molar-refractivity contribution is 0.00575. The number of imide groups is 1. The smallest absolute Gasteiger partial charge is 0.297 e. The molecule has 0 fully saturated rings. The van der Waals surface area contributed by atoms with E-state index in [0.717, 1.165) is 5.56 Å². The summed E-state index contributed by atoms with van der Waals surface area (Å²) in [5.74, 6) is -0.584. The minimum absolute atomic E-state index is 0.0802. The molecule has 60 heavy (non-hydrogen) atoms. The van der Waals surface area contributed by atoms with Gasteiger partial charge in [0, 0.05) is 0 Å².